The topological polar surface area (TPSA) is 12.0 Å². The summed E-state index contributed by atoms with van der Waals surface area (Å²) in [6.45, 7) is 1.79. The SMILES string of the molecule is c1ccc(-c2ccc3c(c2)CNCc2cc(-c4ccccc4)ccc2-3)cc1. The van der Waals surface area contributed by atoms with Gasteiger partial charge in [-0.1, -0.05) is 84.9 Å². The molecule has 1 nitrogen and oxygen atoms in total. The second-order valence-corrected chi connectivity index (χ2v) is 7.08. The first-order valence-corrected chi connectivity index (χ1v) is 9.46. The molecule has 0 aliphatic carbocycles. The van der Waals surface area contributed by atoms with Crippen molar-refractivity contribution in [1.29, 1.82) is 0 Å². The summed E-state index contributed by atoms with van der Waals surface area (Å²) in [5.74, 6) is 0. The molecular weight excluding hydrogens is 326 g/mol. The van der Waals surface area contributed by atoms with Crippen molar-refractivity contribution < 1.29 is 0 Å². The fraction of sp³-hybridized carbons (Fsp3) is 0.0769. The summed E-state index contributed by atoms with van der Waals surface area (Å²) < 4.78 is 0. The maximum absolute atomic E-state index is 3.62. The molecule has 0 unspecified atom stereocenters. The second-order valence-electron chi connectivity index (χ2n) is 7.08. The van der Waals surface area contributed by atoms with E-state index >= 15 is 0 Å². The van der Waals surface area contributed by atoms with Crippen LogP contribution in [0.15, 0.2) is 97.1 Å². The molecule has 0 aromatic heterocycles. The lowest BCUT2D eigenvalue weighted by molar-refractivity contribution is 0.703. The van der Waals surface area contributed by atoms with Gasteiger partial charge in [0.05, 0.1) is 0 Å². The minimum atomic E-state index is 0.894. The highest BCUT2D eigenvalue weighted by Crippen LogP contribution is 2.35. The summed E-state index contributed by atoms with van der Waals surface area (Å²) in [7, 11) is 0. The summed E-state index contributed by atoms with van der Waals surface area (Å²) in [5.41, 5.74) is 10.5. The molecule has 5 rings (SSSR count). The van der Waals surface area contributed by atoms with Crippen LogP contribution < -0.4 is 5.32 Å². The first-order chi connectivity index (χ1) is 13.4. The largest absolute Gasteiger partial charge is 0.309 e. The van der Waals surface area contributed by atoms with Gasteiger partial charge < -0.3 is 5.32 Å². The van der Waals surface area contributed by atoms with Crippen LogP contribution in [0.25, 0.3) is 33.4 Å². The molecule has 0 saturated carbocycles. The van der Waals surface area contributed by atoms with E-state index in [0.29, 0.717) is 0 Å². The normalized spacial score (nSPS) is 12.7. The van der Waals surface area contributed by atoms with Crippen molar-refractivity contribution in [3.8, 4) is 33.4 Å². The zero-order valence-electron chi connectivity index (χ0n) is 15.2. The molecule has 1 heteroatoms. The van der Waals surface area contributed by atoms with E-state index in [-0.39, 0.29) is 0 Å². The van der Waals surface area contributed by atoms with E-state index in [1.54, 1.807) is 0 Å². The van der Waals surface area contributed by atoms with Gasteiger partial charge in [-0.25, -0.2) is 0 Å². The lowest BCUT2D eigenvalue weighted by atomic mass is 9.91. The van der Waals surface area contributed by atoms with Crippen LogP contribution in [-0.4, -0.2) is 0 Å². The maximum atomic E-state index is 3.62. The Labute approximate surface area is 160 Å². The summed E-state index contributed by atoms with van der Waals surface area (Å²) in [4.78, 5) is 0. The maximum Gasteiger partial charge on any atom is 0.0215 e. The quantitative estimate of drug-likeness (QED) is 0.449. The predicted molar refractivity (Wildman–Crippen MR) is 113 cm³/mol. The predicted octanol–water partition coefficient (Wildman–Crippen LogP) is 6.29. The molecule has 0 amide bonds. The molecule has 0 spiro atoms. The van der Waals surface area contributed by atoms with E-state index in [1.807, 2.05) is 0 Å². The molecule has 27 heavy (non-hydrogen) atoms. The summed E-state index contributed by atoms with van der Waals surface area (Å²) in [6.07, 6.45) is 0. The van der Waals surface area contributed by atoms with Crippen LogP contribution in [0, 0.1) is 0 Å². The van der Waals surface area contributed by atoms with Gasteiger partial charge in [0.2, 0.25) is 0 Å². The van der Waals surface area contributed by atoms with Gasteiger partial charge in [0.1, 0.15) is 0 Å². The summed E-state index contributed by atoms with van der Waals surface area (Å²) in [6, 6.07) is 34.9. The molecule has 0 atom stereocenters. The number of hydrogen-bond acceptors (Lipinski definition) is 1. The first-order valence-electron chi connectivity index (χ1n) is 9.46. The zero-order valence-corrected chi connectivity index (χ0v) is 15.2. The molecular formula is C26H21N. The van der Waals surface area contributed by atoms with Crippen LogP contribution in [0.5, 0.6) is 0 Å². The highest BCUT2D eigenvalue weighted by Gasteiger charge is 2.15. The Kier molecular flexibility index (Phi) is 4.08. The Morgan fingerprint density at radius 3 is 1.33 bits per heavy atom. The Morgan fingerprint density at radius 1 is 0.444 bits per heavy atom. The molecule has 1 aliphatic heterocycles. The summed E-state index contributed by atoms with van der Waals surface area (Å²) >= 11 is 0. The van der Waals surface area contributed by atoms with Crippen LogP contribution in [-0.2, 0) is 13.1 Å². The van der Waals surface area contributed by atoms with Gasteiger partial charge in [-0.2, -0.15) is 0 Å². The highest BCUT2D eigenvalue weighted by atomic mass is 14.9. The number of rotatable bonds is 2. The molecule has 1 heterocycles. The van der Waals surface area contributed by atoms with Gasteiger partial charge in [-0.3, -0.25) is 0 Å². The Balaban J connectivity index is 1.58. The average Bonchev–Trinajstić information content (AvgIpc) is 2.93. The van der Waals surface area contributed by atoms with E-state index in [0.717, 1.165) is 13.1 Å². The van der Waals surface area contributed by atoms with Crippen LogP contribution in [0.4, 0.5) is 0 Å². The van der Waals surface area contributed by atoms with Gasteiger partial charge in [0.15, 0.2) is 0 Å². The number of nitrogens with one attached hydrogen (secondary N) is 1. The van der Waals surface area contributed by atoms with Crippen LogP contribution >= 0.6 is 0 Å². The standard InChI is InChI=1S/C26H21N/c1-3-7-19(8-4-1)21-11-13-25-23(15-21)17-27-18-24-16-22(12-14-26(24)25)20-9-5-2-6-10-20/h1-16,27H,17-18H2. The van der Waals surface area contributed by atoms with Gasteiger partial charge >= 0.3 is 0 Å². The zero-order chi connectivity index (χ0) is 18.1. The highest BCUT2D eigenvalue weighted by molar-refractivity contribution is 5.78. The van der Waals surface area contributed by atoms with E-state index in [9.17, 15) is 0 Å². The van der Waals surface area contributed by atoms with Crippen LogP contribution in [0.2, 0.25) is 0 Å². The number of hydrogen-bond donors (Lipinski definition) is 1. The Hall–Kier alpha value is -3.16. The minimum Gasteiger partial charge on any atom is -0.309 e. The van der Waals surface area contributed by atoms with E-state index in [1.165, 1.54) is 44.5 Å². The van der Waals surface area contributed by atoms with Gasteiger partial charge in [0.25, 0.3) is 0 Å². The molecule has 0 radical (unpaired) electrons. The van der Waals surface area contributed by atoms with E-state index in [2.05, 4.69) is 102 Å². The van der Waals surface area contributed by atoms with Crippen molar-refractivity contribution in [2.24, 2.45) is 0 Å². The first kappa shape index (κ1) is 16.0. The van der Waals surface area contributed by atoms with E-state index < -0.39 is 0 Å². The molecule has 1 aliphatic rings. The molecule has 0 bridgehead atoms. The monoisotopic (exact) mass is 347 g/mol. The Morgan fingerprint density at radius 2 is 0.889 bits per heavy atom. The molecule has 0 fully saturated rings. The third-order valence-corrected chi connectivity index (χ3v) is 5.35. The van der Waals surface area contributed by atoms with Crippen molar-refractivity contribution >= 4 is 0 Å². The molecule has 1 N–H and O–H groups in total. The summed E-state index contributed by atoms with van der Waals surface area (Å²) in [5, 5.41) is 3.62. The lowest BCUT2D eigenvalue weighted by Gasteiger charge is -2.12. The smallest absolute Gasteiger partial charge is 0.0215 e. The van der Waals surface area contributed by atoms with Gasteiger partial charge in [0, 0.05) is 13.1 Å². The molecule has 4 aromatic rings. The molecule has 0 saturated heterocycles. The minimum absolute atomic E-state index is 0.894. The molecule has 130 valence electrons. The lowest BCUT2D eigenvalue weighted by Crippen LogP contribution is -2.10. The van der Waals surface area contributed by atoms with E-state index in [4.69, 9.17) is 0 Å². The van der Waals surface area contributed by atoms with Crippen molar-refractivity contribution in [2.45, 2.75) is 13.1 Å². The second kappa shape index (κ2) is 6.86. The molecule has 4 aromatic carbocycles. The number of fused-ring (bicyclic) bond motifs is 3. The number of benzene rings is 4. The van der Waals surface area contributed by atoms with Crippen molar-refractivity contribution in [3.05, 3.63) is 108 Å². The van der Waals surface area contributed by atoms with Crippen molar-refractivity contribution in [3.63, 3.8) is 0 Å². The van der Waals surface area contributed by atoms with Crippen LogP contribution in [0.1, 0.15) is 11.1 Å². The fourth-order valence-corrected chi connectivity index (χ4v) is 3.96. The average molecular weight is 347 g/mol. The Bertz CT molecular complexity index is 993. The third-order valence-electron chi connectivity index (χ3n) is 5.35. The van der Waals surface area contributed by atoms with Gasteiger partial charge in [-0.05, 0) is 56.6 Å². The fourth-order valence-electron chi connectivity index (χ4n) is 3.96. The van der Waals surface area contributed by atoms with Crippen molar-refractivity contribution in [1.82, 2.24) is 5.32 Å². The van der Waals surface area contributed by atoms with Gasteiger partial charge in [-0.15, -0.1) is 0 Å². The van der Waals surface area contributed by atoms with Crippen LogP contribution in [0.3, 0.4) is 0 Å². The third kappa shape index (κ3) is 3.07. The van der Waals surface area contributed by atoms with Crippen molar-refractivity contribution in [2.75, 3.05) is 0 Å².